The number of nitrogen functional groups attached to an aromatic ring is 1. The number of H-pyrrole nitrogens is 1. The zero-order valence-corrected chi connectivity index (χ0v) is 19.9. The molecule has 0 aliphatic carbocycles. The lowest BCUT2D eigenvalue weighted by Crippen LogP contribution is -2.39. The number of nitrogens with one attached hydrogen (secondary N) is 1. The van der Waals surface area contributed by atoms with E-state index in [1.54, 1.807) is 6.08 Å². The van der Waals surface area contributed by atoms with Gasteiger partial charge in [-0.3, -0.25) is 23.7 Å². The van der Waals surface area contributed by atoms with E-state index in [-0.39, 0.29) is 18.1 Å². The van der Waals surface area contributed by atoms with Crippen LogP contribution in [0.4, 0.5) is 11.5 Å². The number of nitrogens with two attached hydrogens (primary N) is 1. The van der Waals surface area contributed by atoms with Crippen molar-refractivity contribution < 1.29 is 9.32 Å². The van der Waals surface area contributed by atoms with Crippen LogP contribution in [0.1, 0.15) is 28.3 Å². The van der Waals surface area contributed by atoms with E-state index in [4.69, 9.17) is 10.3 Å². The van der Waals surface area contributed by atoms with E-state index in [9.17, 15) is 14.4 Å². The van der Waals surface area contributed by atoms with Gasteiger partial charge < -0.3 is 15.2 Å². The summed E-state index contributed by atoms with van der Waals surface area (Å²) in [6, 6.07) is 13.0. The number of hydrogen-bond donors (Lipinski definition) is 2. The molecule has 0 fully saturated rings. The molecule has 4 aromatic rings. The second-order valence-electron chi connectivity index (χ2n) is 8.25. The van der Waals surface area contributed by atoms with Crippen molar-refractivity contribution in [3.8, 4) is 5.82 Å². The third-order valence-corrected chi connectivity index (χ3v) is 5.78. The molecule has 35 heavy (non-hydrogen) atoms. The van der Waals surface area contributed by atoms with Gasteiger partial charge in [0.05, 0.1) is 6.54 Å². The molecule has 10 heteroatoms. The Bertz CT molecular complexity index is 1540. The number of rotatable bonds is 6. The van der Waals surface area contributed by atoms with Crippen molar-refractivity contribution >= 4 is 23.5 Å². The van der Waals surface area contributed by atoms with Gasteiger partial charge in [-0.2, -0.15) is 0 Å². The molecule has 0 radical (unpaired) electrons. The lowest BCUT2D eigenvalue weighted by Gasteiger charge is -2.19. The van der Waals surface area contributed by atoms with Crippen molar-refractivity contribution in [2.45, 2.75) is 27.3 Å². The van der Waals surface area contributed by atoms with Crippen LogP contribution in [0.3, 0.4) is 0 Å². The summed E-state index contributed by atoms with van der Waals surface area (Å²) in [6.07, 6.45) is 3.01. The van der Waals surface area contributed by atoms with E-state index in [1.165, 1.54) is 17.7 Å². The Labute approximate surface area is 200 Å². The Hall–Kier alpha value is -4.60. The fraction of sp³-hybridized carbons (Fsp3) is 0.200. The second-order valence-corrected chi connectivity index (χ2v) is 8.25. The third-order valence-electron chi connectivity index (χ3n) is 5.78. The number of amides is 1. The summed E-state index contributed by atoms with van der Waals surface area (Å²) in [5.41, 5.74) is 8.14. The Morgan fingerprint density at radius 3 is 2.54 bits per heavy atom. The fourth-order valence-corrected chi connectivity index (χ4v) is 3.98. The summed E-state index contributed by atoms with van der Waals surface area (Å²) < 4.78 is 8.33. The van der Waals surface area contributed by atoms with Gasteiger partial charge in [0.25, 0.3) is 11.5 Å². The van der Waals surface area contributed by atoms with Crippen molar-refractivity contribution in [2.24, 2.45) is 0 Å². The minimum atomic E-state index is -0.736. The standard InChI is InChI=1S/C25H26N6O4/c1-15-12-19(17(3)31(15)20-13-16(2)35-28-20)10-11-21(32)29(4)22-23(26)30(25(34)27-24(22)33)14-18-8-6-5-7-9-18/h5-13H,14,26H2,1-4H3,(H,27,33,34)/b11-10+. The van der Waals surface area contributed by atoms with Gasteiger partial charge in [-0.15, -0.1) is 0 Å². The Balaban J connectivity index is 1.63. The van der Waals surface area contributed by atoms with Crippen LogP contribution in [0.2, 0.25) is 0 Å². The van der Waals surface area contributed by atoms with Crippen molar-refractivity contribution in [3.05, 3.63) is 97.7 Å². The van der Waals surface area contributed by atoms with Crippen molar-refractivity contribution in [2.75, 3.05) is 17.7 Å². The van der Waals surface area contributed by atoms with Crippen LogP contribution in [0.25, 0.3) is 11.9 Å². The number of aromatic amines is 1. The van der Waals surface area contributed by atoms with Crippen LogP contribution in [0.5, 0.6) is 0 Å². The van der Waals surface area contributed by atoms with Gasteiger partial charge in [0, 0.05) is 30.6 Å². The topological polar surface area (TPSA) is 132 Å². The SMILES string of the molecule is Cc1cc(-n2c(C)cc(/C=C/C(=O)N(C)c3c(N)n(Cc4ccccc4)c(=O)[nH]c3=O)c2C)no1. The highest BCUT2D eigenvalue weighted by molar-refractivity contribution is 6.04. The minimum Gasteiger partial charge on any atom is -0.383 e. The molecular formula is C25H26N6O4. The number of aryl methyl sites for hydroxylation is 2. The molecule has 180 valence electrons. The molecule has 0 unspecified atom stereocenters. The van der Waals surface area contributed by atoms with Crippen molar-refractivity contribution in [3.63, 3.8) is 0 Å². The second kappa shape index (κ2) is 9.34. The summed E-state index contributed by atoms with van der Waals surface area (Å²) >= 11 is 0. The predicted octanol–water partition coefficient (Wildman–Crippen LogP) is 2.55. The van der Waals surface area contributed by atoms with Crippen molar-refractivity contribution in [1.82, 2.24) is 19.3 Å². The molecule has 0 saturated heterocycles. The van der Waals surface area contributed by atoms with E-state index in [0.717, 1.165) is 27.4 Å². The first kappa shape index (κ1) is 23.6. The molecule has 0 aliphatic heterocycles. The number of nitrogens with zero attached hydrogens (tertiary/aromatic N) is 4. The first-order chi connectivity index (χ1) is 16.7. The smallest absolute Gasteiger partial charge is 0.330 e. The zero-order chi connectivity index (χ0) is 25.3. The minimum absolute atomic E-state index is 0.0913. The Kier molecular flexibility index (Phi) is 6.28. The normalized spacial score (nSPS) is 11.3. The number of benzene rings is 1. The third kappa shape index (κ3) is 4.58. The summed E-state index contributed by atoms with van der Waals surface area (Å²) in [6.45, 7) is 5.81. The van der Waals surface area contributed by atoms with Gasteiger partial charge in [-0.25, -0.2) is 4.79 Å². The molecule has 1 aromatic carbocycles. The molecule has 3 heterocycles. The number of anilines is 2. The highest BCUT2D eigenvalue weighted by Gasteiger charge is 2.20. The maximum absolute atomic E-state index is 13.0. The highest BCUT2D eigenvalue weighted by Crippen LogP contribution is 2.22. The van der Waals surface area contributed by atoms with E-state index < -0.39 is 17.2 Å². The Morgan fingerprint density at radius 1 is 1.17 bits per heavy atom. The first-order valence-corrected chi connectivity index (χ1v) is 10.9. The molecule has 0 atom stereocenters. The number of carbonyl (C=O) groups is 1. The van der Waals surface area contributed by atoms with Crippen LogP contribution in [-0.2, 0) is 11.3 Å². The van der Waals surface area contributed by atoms with E-state index in [2.05, 4.69) is 10.1 Å². The number of hydrogen-bond acceptors (Lipinski definition) is 6. The average Bonchev–Trinajstić information content (AvgIpc) is 3.36. The van der Waals surface area contributed by atoms with Gasteiger partial charge in [0.2, 0.25) is 0 Å². The summed E-state index contributed by atoms with van der Waals surface area (Å²) in [5, 5.41) is 4.06. The van der Waals surface area contributed by atoms with E-state index >= 15 is 0 Å². The lowest BCUT2D eigenvalue weighted by molar-refractivity contribution is -0.113. The van der Waals surface area contributed by atoms with Gasteiger partial charge in [0.1, 0.15) is 11.6 Å². The molecule has 10 nitrogen and oxygen atoms in total. The summed E-state index contributed by atoms with van der Waals surface area (Å²) in [4.78, 5) is 41.3. The largest absolute Gasteiger partial charge is 0.383 e. The van der Waals surface area contributed by atoms with Crippen molar-refractivity contribution in [1.29, 1.82) is 0 Å². The van der Waals surface area contributed by atoms with Crippen LogP contribution >= 0.6 is 0 Å². The molecule has 0 aliphatic rings. The maximum Gasteiger partial charge on any atom is 0.330 e. The number of likely N-dealkylation sites (N-methyl/N-ethyl adjacent to an activating group) is 1. The van der Waals surface area contributed by atoms with Crippen LogP contribution in [0.15, 0.2) is 62.7 Å². The monoisotopic (exact) mass is 474 g/mol. The zero-order valence-electron chi connectivity index (χ0n) is 19.9. The average molecular weight is 475 g/mol. The summed E-state index contributed by atoms with van der Waals surface area (Å²) in [7, 11) is 1.44. The van der Waals surface area contributed by atoms with Crippen LogP contribution < -0.4 is 21.9 Å². The molecule has 3 N–H and O–H groups in total. The van der Waals surface area contributed by atoms with Gasteiger partial charge >= 0.3 is 5.69 Å². The fourth-order valence-electron chi connectivity index (χ4n) is 3.98. The van der Waals surface area contributed by atoms with Gasteiger partial charge in [-0.05, 0) is 44.0 Å². The van der Waals surface area contributed by atoms with E-state index in [1.807, 2.05) is 67.8 Å². The van der Waals surface area contributed by atoms with Gasteiger partial charge in [0.15, 0.2) is 11.5 Å². The first-order valence-electron chi connectivity index (χ1n) is 10.9. The predicted molar refractivity (Wildman–Crippen MR) is 134 cm³/mol. The maximum atomic E-state index is 13.0. The molecule has 0 saturated carbocycles. The lowest BCUT2D eigenvalue weighted by atomic mass is 10.2. The van der Waals surface area contributed by atoms with Gasteiger partial charge in [-0.1, -0.05) is 35.5 Å². The van der Waals surface area contributed by atoms with E-state index in [0.29, 0.717) is 11.6 Å². The molecule has 3 aromatic heterocycles. The highest BCUT2D eigenvalue weighted by atomic mass is 16.5. The molecule has 4 rings (SSSR count). The van der Waals surface area contributed by atoms with Crippen LogP contribution in [0, 0.1) is 20.8 Å². The molecule has 0 bridgehead atoms. The molecular weight excluding hydrogens is 448 g/mol. The number of carbonyl (C=O) groups excluding carboxylic acids is 1. The summed E-state index contributed by atoms with van der Waals surface area (Å²) in [5.74, 6) is 0.777. The molecule has 1 amide bonds. The number of aromatic nitrogens is 4. The van der Waals surface area contributed by atoms with Crippen LogP contribution in [-0.4, -0.2) is 32.2 Å². The quantitative estimate of drug-likeness (QED) is 0.413. The molecule has 0 spiro atoms. The Morgan fingerprint density at radius 2 is 1.89 bits per heavy atom.